The van der Waals surface area contributed by atoms with Crippen molar-refractivity contribution in [2.45, 2.75) is 0 Å². The third-order valence-electron chi connectivity index (χ3n) is 12.7. The molecule has 0 N–H and O–H groups in total. The van der Waals surface area contributed by atoms with Crippen LogP contribution in [0.3, 0.4) is 0 Å². The largest absolute Gasteiger partial charge is 0.310 e. The fourth-order valence-electron chi connectivity index (χ4n) is 9.38. The van der Waals surface area contributed by atoms with Crippen LogP contribution in [0.1, 0.15) is 33.4 Å². The first-order chi connectivity index (χ1) is 33.6. The number of fused-ring (bicyclic) bond motifs is 4. The molecule has 4 heteroatoms. The lowest BCUT2D eigenvalue weighted by molar-refractivity contribution is 1.30. The quantitative estimate of drug-likeness (QED) is 0.101. The maximum Gasteiger partial charge on any atom is 0.100 e. The minimum absolute atomic E-state index is 0.559. The molecule has 0 amide bonds. The molecule has 11 aromatic rings. The molecule has 0 heterocycles. The zero-order valence-electron chi connectivity index (χ0n) is 37.0. The molecule has 0 atom stereocenters. The van der Waals surface area contributed by atoms with E-state index >= 15 is 0 Å². The van der Waals surface area contributed by atoms with Crippen LogP contribution in [0.25, 0.3) is 67.4 Å². The van der Waals surface area contributed by atoms with E-state index in [1.807, 2.05) is 48.5 Å². The highest BCUT2D eigenvalue weighted by molar-refractivity contribution is 6.10. The van der Waals surface area contributed by atoms with Crippen molar-refractivity contribution in [2.75, 3.05) is 9.80 Å². The highest BCUT2D eigenvalue weighted by Crippen LogP contribution is 2.41. The highest BCUT2D eigenvalue weighted by atomic mass is 15.1. The average Bonchev–Trinajstić information content (AvgIpc) is 3.40. The van der Waals surface area contributed by atoms with E-state index in [1.165, 1.54) is 21.5 Å². The van der Waals surface area contributed by atoms with Crippen molar-refractivity contribution < 1.29 is 0 Å². The van der Waals surface area contributed by atoms with E-state index in [0.29, 0.717) is 11.1 Å². The van der Waals surface area contributed by atoms with Gasteiger partial charge in [0.2, 0.25) is 0 Å². The van der Waals surface area contributed by atoms with Gasteiger partial charge in [-0.05, 0) is 106 Å². The normalized spacial score (nSPS) is 11.4. The topological polar surface area (TPSA) is 54.1 Å². The summed E-state index contributed by atoms with van der Waals surface area (Å²) in [5.41, 5.74) is 11.6. The van der Waals surface area contributed by atoms with Gasteiger partial charge in [-0.2, -0.15) is 10.5 Å². The fraction of sp³-hybridized carbons (Fsp3) is 0. The number of anilines is 6. The first-order valence-corrected chi connectivity index (χ1v) is 22.7. The molecule has 4 nitrogen and oxygen atoms in total. The van der Waals surface area contributed by atoms with Gasteiger partial charge in [0.05, 0.1) is 22.5 Å². The molecule has 0 aliphatic rings. The van der Waals surface area contributed by atoms with Crippen LogP contribution in [0, 0.1) is 22.7 Å². The summed E-state index contributed by atoms with van der Waals surface area (Å²) in [4.78, 5) is 4.59. The molecule has 0 aromatic heterocycles. The van der Waals surface area contributed by atoms with Crippen LogP contribution in [-0.2, 0) is 0 Å². The molecule has 318 valence electrons. The Bertz CT molecular complexity index is 3540. The lowest BCUT2D eigenvalue weighted by Crippen LogP contribution is -2.10. The van der Waals surface area contributed by atoms with Crippen molar-refractivity contribution in [1.29, 1.82) is 10.5 Å². The van der Waals surface area contributed by atoms with Gasteiger partial charge in [0.15, 0.2) is 0 Å². The summed E-state index contributed by atoms with van der Waals surface area (Å²) in [5, 5.41) is 29.0. The summed E-state index contributed by atoms with van der Waals surface area (Å²) in [6.45, 7) is 0. The summed E-state index contributed by atoms with van der Waals surface area (Å²) in [6.07, 6.45) is 8.30. The zero-order chi connectivity index (χ0) is 45.8. The Morgan fingerprint density at radius 3 is 1.03 bits per heavy atom. The first-order valence-electron chi connectivity index (χ1n) is 22.7. The molecule has 11 rings (SSSR count). The third kappa shape index (κ3) is 7.90. The van der Waals surface area contributed by atoms with Crippen LogP contribution in [0.15, 0.2) is 231 Å². The van der Waals surface area contributed by atoms with Gasteiger partial charge in [0.1, 0.15) is 12.1 Å². The number of nitriles is 2. The Labute approximate surface area is 396 Å². The predicted molar refractivity (Wildman–Crippen MR) is 286 cm³/mol. The Kier molecular flexibility index (Phi) is 11.0. The smallest absolute Gasteiger partial charge is 0.100 e. The Balaban J connectivity index is 0.865. The van der Waals surface area contributed by atoms with Gasteiger partial charge in [0, 0.05) is 55.1 Å². The van der Waals surface area contributed by atoms with Crippen molar-refractivity contribution in [1.82, 2.24) is 0 Å². The molecule has 0 bridgehead atoms. The third-order valence-corrected chi connectivity index (χ3v) is 12.7. The van der Waals surface area contributed by atoms with Crippen LogP contribution in [-0.4, -0.2) is 0 Å². The van der Waals surface area contributed by atoms with Gasteiger partial charge >= 0.3 is 0 Å². The van der Waals surface area contributed by atoms with Gasteiger partial charge in [0.25, 0.3) is 0 Å². The van der Waals surface area contributed by atoms with E-state index in [2.05, 4.69) is 228 Å². The summed E-state index contributed by atoms with van der Waals surface area (Å²) in [7, 11) is 0. The molecule has 0 spiro atoms. The second-order valence-corrected chi connectivity index (χ2v) is 16.8. The lowest BCUT2D eigenvalue weighted by atomic mass is 9.90. The van der Waals surface area contributed by atoms with Crippen LogP contribution in [0.5, 0.6) is 0 Å². The van der Waals surface area contributed by atoms with E-state index in [-0.39, 0.29) is 0 Å². The molecule has 11 aromatic carbocycles. The predicted octanol–water partition coefficient (Wildman–Crippen LogP) is 17.3. The average molecular weight is 867 g/mol. The highest BCUT2D eigenvalue weighted by Gasteiger charge is 2.18. The molecule has 0 saturated carbocycles. The Hall–Kier alpha value is -9.48. The maximum absolute atomic E-state index is 10.6. The number of hydrogen-bond donors (Lipinski definition) is 0. The van der Waals surface area contributed by atoms with E-state index < -0.39 is 0 Å². The molecular formula is C64H42N4. The van der Waals surface area contributed by atoms with E-state index in [4.69, 9.17) is 0 Å². The molecule has 0 radical (unpaired) electrons. The Morgan fingerprint density at radius 1 is 0.279 bits per heavy atom. The van der Waals surface area contributed by atoms with Crippen LogP contribution >= 0.6 is 0 Å². The molecule has 0 aliphatic carbocycles. The molecule has 0 saturated heterocycles. The number of nitrogens with zero attached hydrogens (tertiary/aromatic N) is 4. The minimum atomic E-state index is 0.559. The summed E-state index contributed by atoms with van der Waals surface area (Å²) in [6, 6.07) is 84.8. The Morgan fingerprint density at radius 2 is 0.618 bits per heavy atom. The summed E-state index contributed by atoms with van der Waals surface area (Å²) in [5.74, 6) is 0. The summed E-state index contributed by atoms with van der Waals surface area (Å²) >= 11 is 0. The van der Waals surface area contributed by atoms with Crippen molar-refractivity contribution in [3.05, 3.63) is 264 Å². The number of para-hydroxylation sites is 2. The molecule has 0 aliphatic heterocycles. The number of benzene rings is 11. The van der Waals surface area contributed by atoms with Gasteiger partial charge in [-0.25, -0.2) is 0 Å². The second kappa shape index (κ2) is 18.2. The zero-order valence-corrected chi connectivity index (χ0v) is 37.0. The fourth-order valence-corrected chi connectivity index (χ4v) is 9.38. The molecular weight excluding hydrogens is 825 g/mol. The minimum Gasteiger partial charge on any atom is -0.310 e. The monoisotopic (exact) mass is 866 g/mol. The van der Waals surface area contributed by atoms with Crippen LogP contribution in [0.2, 0.25) is 0 Å². The van der Waals surface area contributed by atoms with Crippen molar-refractivity contribution >= 4 is 102 Å². The summed E-state index contributed by atoms with van der Waals surface area (Å²) < 4.78 is 0. The first kappa shape index (κ1) is 41.2. The lowest BCUT2D eigenvalue weighted by Gasteiger charge is -2.27. The van der Waals surface area contributed by atoms with Gasteiger partial charge in [-0.3, -0.25) is 0 Å². The maximum atomic E-state index is 10.6. The van der Waals surface area contributed by atoms with Crippen LogP contribution in [0.4, 0.5) is 34.1 Å². The van der Waals surface area contributed by atoms with E-state index in [0.717, 1.165) is 77.9 Å². The van der Waals surface area contributed by atoms with E-state index in [9.17, 15) is 10.5 Å². The van der Waals surface area contributed by atoms with Gasteiger partial charge in [-0.1, -0.05) is 182 Å². The van der Waals surface area contributed by atoms with Crippen molar-refractivity contribution in [3.63, 3.8) is 0 Å². The van der Waals surface area contributed by atoms with Crippen LogP contribution < -0.4 is 9.80 Å². The number of hydrogen-bond acceptors (Lipinski definition) is 4. The van der Waals surface area contributed by atoms with Gasteiger partial charge in [-0.15, -0.1) is 0 Å². The van der Waals surface area contributed by atoms with E-state index in [1.54, 1.807) is 0 Å². The SMILES string of the molecule is N#Cc1c2ccc(C=Cc3ccc(N(c4ccccc4)c4cccc5ccccc45)cc3)cc2c(C#N)c2ccc(C=Cc3ccc(N(c4ccccc4)c4cccc5ccccc45)cc3)cc12. The van der Waals surface area contributed by atoms with Crippen molar-refractivity contribution in [3.8, 4) is 12.1 Å². The van der Waals surface area contributed by atoms with Crippen molar-refractivity contribution in [2.24, 2.45) is 0 Å². The molecule has 68 heavy (non-hydrogen) atoms. The molecule has 0 fully saturated rings. The van der Waals surface area contributed by atoms with Gasteiger partial charge < -0.3 is 9.80 Å². The standard InChI is InChI=1S/C64H42N4/c65-43-61-58-40-34-48(28-26-46-31-37-54(38-32-46)68(52-19-5-2-6-20-52)64-24-12-16-50-14-8-10-22-56(50)64)42-60(58)62(44-66)57-39-33-47(41-59(57)61)27-25-45-29-35-53(36-30-45)67(51-17-3-1-4-18-51)63-23-11-15-49-13-7-9-21-55(49)63/h1-42H. The second-order valence-electron chi connectivity index (χ2n) is 16.8. The number of rotatable bonds is 10. The molecule has 0 unspecified atom stereocenters.